The summed E-state index contributed by atoms with van der Waals surface area (Å²) in [4.78, 5) is 16.1. The van der Waals surface area contributed by atoms with Gasteiger partial charge in [0.25, 0.3) is 0 Å². The van der Waals surface area contributed by atoms with Gasteiger partial charge in [0.15, 0.2) is 0 Å². The molecule has 1 aromatic heterocycles. The van der Waals surface area contributed by atoms with Crippen molar-refractivity contribution >= 4 is 21.6 Å². The molecule has 8 heteroatoms. The van der Waals surface area contributed by atoms with Crippen LogP contribution in [0.1, 0.15) is 12.5 Å². The minimum atomic E-state index is -3.62. The lowest BCUT2D eigenvalue weighted by molar-refractivity contribution is -0.119. The predicted octanol–water partition coefficient (Wildman–Crippen LogP) is 1.56. The average Bonchev–Trinajstić information content (AvgIpc) is 2.58. The molecule has 0 fully saturated rings. The van der Waals surface area contributed by atoms with Gasteiger partial charge in [-0.05, 0) is 36.8 Å². The molecule has 0 spiro atoms. The molecular weight excluding hydrogens is 342 g/mol. The van der Waals surface area contributed by atoms with Gasteiger partial charge in [-0.15, -0.1) is 0 Å². The summed E-state index contributed by atoms with van der Waals surface area (Å²) in [5.74, 6) is 0.148. The summed E-state index contributed by atoms with van der Waals surface area (Å²) < 4.78 is 30.7. The molecule has 25 heavy (non-hydrogen) atoms. The van der Waals surface area contributed by atoms with E-state index in [1.54, 1.807) is 48.8 Å². The van der Waals surface area contributed by atoms with Crippen LogP contribution in [0.4, 0.5) is 5.69 Å². The highest BCUT2D eigenvalue weighted by atomic mass is 32.2. The van der Waals surface area contributed by atoms with Gasteiger partial charge in [-0.2, -0.15) is 0 Å². The molecule has 2 rings (SSSR count). The van der Waals surface area contributed by atoms with Crippen molar-refractivity contribution in [3.8, 4) is 5.75 Å². The molecule has 1 N–H and O–H groups in total. The molecule has 0 aliphatic heterocycles. The number of nitrogens with one attached hydrogen (secondary N) is 1. The largest absolute Gasteiger partial charge is 0.494 e. The summed E-state index contributed by atoms with van der Waals surface area (Å²) in [5.41, 5.74) is 1.26. The first-order valence-electron chi connectivity index (χ1n) is 7.76. The second-order valence-corrected chi connectivity index (χ2v) is 7.24. The van der Waals surface area contributed by atoms with E-state index in [4.69, 9.17) is 4.74 Å². The van der Waals surface area contributed by atoms with Gasteiger partial charge in [-0.25, -0.2) is 8.42 Å². The van der Waals surface area contributed by atoms with E-state index in [9.17, 15) is 13.2 Å². The van der Waals surface area contributed by atoms with E-state index < -0.39 is 15.9 Å². The van der Waals surface area contributed by atoms with E-state index in [1.165, 1.54) is 0 Å². The number of sulfonamides is 1. The zero-order chi connectivity index (χ0) is 18.3. The van der Waals surface area contributed by atoms with E-state index in [1.807, 2.05) is 6.92 Å². The average molecular weight is 363 g/mol. The number of amides is 1. The first kappa shape index (κ1) is 18.7. The molecule has 2 aromatic rings. The third kappa shape index (κ3) is 5.75. The van der Waals surface area contributed by atoms with Crippen LogP contribution in [0.3, 0.4) is 0 Å². The summed E-state index contributed by atoms with van der Waals surface area (Å²) in [7, 11) is -3.62. The van der Waals surface area contributed by atoms with Crippen molar-refractivity contribution in [2.45, 2.75) is 13.5 Å². The lowest BCUT2D eigenvalue weighted by atomic mass is 10.2. The van der Waals surface area contributed by atoms with Crippen molar-refractivity contribution in [2.24, 2.45) is 0 Å². The van der Waals surface area contributed by atoms with Gasteiger partial charge in [0.1, 0.15) is 12.3 Å². The summed E-state index contributed by atoms with van der Waals surface area (Å²) in [6.45, 7) is 2.31. The Bertz CT molecular complexity index is 810. The molecule has 0 aliphatic carbocycles. The Morgan fingerprint density at radius 3 is 2.60 bits per heavy atom. The van der Waals surface area contributed by atoms with E-state index in [0.717, 1.165) is 16.1 Å². The first-order valence-corrected chi connectivity index (χ1v) is 9.61. The number of pyridine rings is 1. The van der Waals surface area contributed by atoms with Crippen molar-refractivity contribution in [3.63, 3.8) is 0 Å². The van der Waals surface area contributed by atoms with Gasteiger partial charge in [0, 0.05) is 25.0 Å². The maximum absolute atomic E-state index is 12.2. The van der Waals surface area contributed by atoms with Gasteiger partial charge in [-0.3, -0.25) is 14.1 Å². The fourth-order valence-corrected chi connectivity index (χ4v) is 3.03. The number of benzene rings is 1. The Balaban J connectivity index is 2.10. The topological polar surface area (TPSA) is 88.6 Å². The molecule has 1 heterocycles. The van der Waals surface area contributed by atoms with Crippen LogP contribution in [0.15, 0.2) is 48.8 Å². The predicted molar refractivity (Wildman–Crippen MR) is 95.9 cm³/mol. The number of rotatable bonds is 8. The van der Waals surface area contributed by atoms with Crippen LogP contribution in [0, 0.1) is 0 Å². The normalized spacial score (nSPS) is 11.0. The second kappa shape index (κ2) is 8.48. The number of ether oxygens (including phenoxy) is 1. The zero-order valence-electron chi connectivity index (χ0n) is 14.2. The molecule has 7 nitrogen and oxygen atoms in total. The molecule has 0 saturated heterocycles. The quantitative estimate of drug-likeness (QED) is 0.769. The highest BCUT2D eigenvalue weighted by Gasteiger charge is 2.21. The standard InChI is InChI=1S/C17H21N3O4S/c1-3-24-16-6-4-5-15(11-16)20(25(2,22)23)13-17(21)19-12-14-7-9-18-10-8-14/h4-11H,3,12-13H2,1-2H3,(H,19,21). The van der Waals surface area contributed by atoms with E-state index in [2.05, 4.69) is 10.3 Å². The van der Waals surface area contributed by atoms with Gasteiger partial charge < -0.3 is 10.1 Å². The number of aromatic nitrogens is 1. The monoisotopic (exact) mass is 363 g/mol. The van der Waals surface area contributed by atoms with Crippen LogP contribution in [-0.2, 0) is 21.4 Å². The number of carbonyl (C=O) groups excluding carboxylic acids is 1. The zero-order valence-corrected chi connectivity index (χ0v) is 15.0. The highest BCUT2D eigenvalue weighted by Crippen LogP contribution is 2.23. The van der Waals surface area contributed by atoms with Gasteiger partial charge in [0.05, 0.1) is 18.6 Å². The molecule has 0 aliphatic rings. The van der Waals surface area contributed by atoms with Crippen molar-refractivity contribution < 1.29 is 17.9 Å². The lowest BCUT2D eigenvalue weighted by Crippen LogP contribution is -2.40. The number of hydrogen-bond acceptors (Lipinski definition) is 5. The summed E-state index contributed by atoms with van der Waals surface area (Å²) in [6.07, 6.45) is 4.32. The van der Waals surface area contributed by atoms with E-state index in [0.29, 0.717) is 24.6 Å². The molecular formula is C17H21N3O4S. The maximum Gasteiger partial charge on any atom is 0.241 e. The Kier molecular flexibility index (Phi) is 6.35. The Morgan fingerprint density at radius 2 is 1.96 bits per heavy atom. The van der Waals surface area contributed by atoms with Crippen LogP contribution in [0.25, 0.3) is 0 Å². The summed E-state index contributed by atoms with van der Waals surface area (Å²) >= 11 is 0. The molecule has 0 saturated carbocycles. The van der Waals surface area contributed by atoms with E-state index >= 15 is 0 Å². The molecule has 0 atom stereocenters. The van der Waals surface area contributed by atoms with Crippen molar-refractivity contribution in [1.82, 2.24) is 10.3 Å². The Labute approximate surface area is 147 Å². The van der Waals surface area contributed by atoms with Crippen LogP contribution < -0.4 is 14.4 Å². The fourth-order valence-electron chi connectivity index (χ4n) is 2.18. The van der Waals surface area contributed by atoms with Gasteiger partial charge in [-0.1, -0.05) is 6.07 Å². The number of hydrogen-bond donors (Lipinski definition) is 1. The van der Waals surface area contributed by atoms with Crippen molar-refractivity contribution in [3.05, 3.63) is 54.4 Å². The molecule has 1 aromatic carbocycles. The van der Waals surface area contributed by atoms with Crippen LogP contribution >= 0.6 is 0 Å². The lowest BCUT2D eigenvalue weighted by Gasteiger charge is -2.22. The van der Waals surface area contributed by atoms with E-state index in [-0.39, 0.29) is 6.54 Å². The number of carbonyl (C=O) groups is 1. The Hall–Kier alpha value is -2.61. The number of anilines is 1. The van der Waals surface area contributed by atoms with Crippen LogP contribution in [0.5, 0.6) is 5.75 Å². The van der Waals surface area contributed by atoms with Crippen LogP contribution in [-0.4, -0.2) is 38.7 Å². The Morgan fingerprint density at radius 1 is 1.24 bits per heavy atom. The third-order valence-corrected chi connectivity index (χ3v) is 4.48. The minimum absolute atomic E-state index is 0.304. The summed E-state index contributed by atoms with van der Waals surface area (Å²) in [6, 6.07) is 10.2. The molecule has 0 bridgehead atoms. The maximum atomic E-state index is 12.2. The smallest absolute Gasteiger partial charge is 0.241 e. The highest BCUT2D eigenvalue weighted by molar-refractivity contribution is 7.92. The minimum Gasteiger partial charge on any atom is -0.494 e. The summed E-state index contributed by atoms with van der Waals surface area (Å²) in [5, 5.41) is 2.71. The fraction of sp³-hybridized carbons (Fsp3) is 0.294. The second-order valence-electron chi connectivity index (χ2n) is 5.33. The molecule has 1 amide bonds. The van der Waals surface area contributed by atoms with Crippen LogP contribution in [0.2, 0.25) is 0 Å². The molecule has 0 radical (unpaired) electrons. The van der Waals surface area contributed by atoms with Gasteiger partial charge in [0.2, 0.25) is 15.9 Å². The van der Waals surface area contributed by atoms with Crippen molar-refractivity contribution in [1.29, 1.82) is 0 Å². The molecule has 134 valence electrons. The first-order chi connectivity index (χ1) is 11.9. The van der Waals surface area contributed by atoms with Gasteiger partial charge >= 0.3 is 0 Å². The molecule has 0 unspecified atom stereocenters. The SMILES string of the molecule is CCOc1cccc(N(CC(=O)NCc2ccncc2)S(C)(=O)=O)c1. The third-order valence-electron chi connectivity index (χ3n) is 3.34. The number of nitrogens with zero attached hydrogens (tertiary/aromatic N) is 2. The van der Waals surface area contributed by atoms with Crippen molar-refractivity contribution in [2.75, 3.05) is 23.7 Å².